The highest BCUT2D eigenvalue weighted by Crippen LogP contribution is 2.30. The number of rotatable bonds is 1. The van der Waals surface area contributed by atoms with Crippen molar-refractivity contribution in [3.05, 3.63) is 52.0 Å². The highest BCUT2D eigenvalue weighted by molar-refractivity contribution is 6.33. The molecule has 98 valence electrons. The Balaban J connectivity index is 2.32. The number of nitrogen functional groups attached to an aromatic ring is 1. The Hall–Kier alpha value is -2.22. The summed E-state index contributed by atoms with van der Waals surface area (Å²) in [7, 11) is 0. The van der Waals surface area contributed by atoms with Crippen molar-refractivity contribution in [1.82, 2.24) is 9.55 Å². The number of benzene rings is 2. The molecule has 20 heavy (non-hydrogen) atoms. The first-order valence-electron chi connectivity index (χ1n) is 5.73. The molecular weight excluding hydrogens is 295 g/mol. The van der Waals surface area contributed by atoms with Crippen molar-refractivity contribution in [2.75, 3.05) is 5.73 Å². The first-order valence-corrected chi connectivity index (χ1v) is 6.49. The molecule has 2 N–H and O–H groups in total. The Morgan fingerprint density at radius 3 is 2.65 bits per heavy atom. The van der Waals surface area contributed by atoms with Crippen molar-refractivity contribution in [2.24, 2.45) is 0 Å². The second kappa shape index (κ2) is 4.71. The highest BCUT2D eigenvalue weighted by atomic mass is 35.5. The Bertz CT molecular complexity index is 861. The predicted octanol–water partition coefficient (Wildman–Crippen LogP) is 3.79. The van der Waals surface area contributed by atoms with Crippen LogP contribution >= 0.6 is 23.2 Å². The van der Waals surface area contributed by atoms with E-state index in [0.29, 0.717) is 27.2 Å². The maximum Gasteiger partial charge on any atom is 0.205 e. The van der Waals surface area contributed by atoms with Crippen molar-refractivity contribution < 1.29 is 0 Å². The second-order valence-electron chi connectivity index (χ2n) is 4.22. The summed E-state index contributed by atoms with van der Waals surface area (Å²) in [5.74, 6) is 0.314. The molecule has 3 rings (SSSR count). The van der Waals surface area contributed by atoms with Gasteiger partial charge in [0.15, 0.2) is 0 Å². The molecule has 0 radical (unpaired) electrons. The molecule has 0 unspecified atom stereocenters. The van der Waals surface area contributed by atoms with Gasteiger partial charge in [0.1, 0.15) is 0 Å². The number of halogens is 2. The van der Waals surface area contributed by atoms with E-state index < -0.39 is 0 Å². The standard InChI is InChI=1S/C14H8Cl2N4/c15-9-2-3-11-13(6-9)20(14(18)19-11)12-4-1-8(7-17)5-10(12)16/h1-6H,(H2,18,19). The van der Waals surface area contributed by atoms with Crippen molar-refractivity contribution >= 4 is 40.2 Å². The summed E-state index contributed by atoms with van der Waals surface area (Å²) >= 11 is 12.2. The molecule has 3 aromatic rings. The number of imidazole rings is 1. The monoisotopic (exact) mass is 302 g/mol. The molecule has 0 aliphatic carbocycles. The average Bonchev–Trinajstić information content (AvgIpc) is 2.74. The van der Waals surface area contributed by atoms with Crippen LogP contribution in [0.15, 0.2) is 36.4 Å². The van der Waals surface area contributed by atoms with Crippen LogP contribution in [-0.4, -0.2) is 9.55 Å². The summed E-state index contributed by atoms with van der Waals surface area (Å²) in [6.07, 6.45) is 0. The van der Waals surface area contributed by atoms with Gasteiger partial charge in [-0.3, -0.25) is 4.57 Å². The Labute approximate surface area is 125 Å². The molecular formula is C14H8Cl2N4. The minimum atomic E-state index is 0.314. The number of fused-ring (bicyclic) bond motifs is 1. The van der Waals surface area contributed by atoms with Gasteiger partial charge >= 0.3 is 0 Å². The minimum absolute atomic E-state index is 0.314. The molecule has 0 fully saturated rings. The van der Waals surface area contributed by atoms with Crippen molar-refractivity contribution in [3.8, 4) is 11.8 Å². The number of anilines is 1. The number of hydrogen-bond acceptors (Lipinski definition) is 3. The van der Waals surface area contributed by atoms with Gasteiger partial charge in [-0.05, 0) is 36.4 Å². The molecule has 0 atom stereocenters. The van der Waals surface area contributed by atoms with Crippen LogP contribution in [0.4, 0.5) is 5.95 Å². The molecule has 4 nitrogen and oxygen atoms in total. The van der Waals surface area contributed by atoms with E-state index in [1.807, 2.05) is 6.07 Å². The van der Waals surface area contributed by atoms with Crippen LogP contribution in [0.2, 0.25) is 10.0 Å². The third-order valence-electron chi connectivity index (χ3n) is 2.96. The third-order valence-corrected chi connectivity index (χ3v) is 3.50. The summed E-state index contributed by atoms with van der Waals surface area (Å²) in [6.45, 7) is 0. The Morgan fingerprint density at radius 1 is 1.15 bits per heavy atom. The molecule has 0 bridgehead atoms. The van der Waals surface area contributed by atoms with E-state index in [1.165, 1.54) is 0 Å². The zero-order chi connectivity index (χ0) is 14.3. The molecule has 1 aromatic heterocycles. The largest absolute Gasteiger partial charge is 0.369 e. The first-order chi connectivity index (χ1) is 9.60. The molecule has 0 saturated heterocycles. The minimum Gasteiger partial charge on any atom is -0.369 e. The van der Waals surface area contributed by atoms with E-state index in [1.54, 1.807) is 41.0 Å². The summed E-state index contributed by atoms with van der Waals surface area (Å²) < 4.78 is 1.71. The van der Waals surface area contributed by atoms with Gasteiger partial charge in [-0.2, -0.15) is 5.26 Å². The van der Waals surface area contributed by atoms with Crippen LogP contribution in [0.5, 0.6) is 0 Å². The number of aromatic nitrogens is 2. The SMILES string of the molecule is N#Cc1ccc(-n2c(N)nc3ccc(Cl)cc32)c(Cl)c1. The number of hydrogen-bond donors (Lipinski definition) is 1. The van der Waals surface area contributed by atoms with Crippen molar-refractivity contribution in [1.29, 1.82) is 5.26 Å². The molecule has 0 spiro atoms. The number of nitrogens with zero attached hydrogens (tertiary/aromatic N) is 3. The third kappa shape index (κ3) is 1.97. The van der Waals surface area contributed by atoms with Gasteiger partial charge in [-0.1, -0.05) is 23.2 Å². The Morgan fingerprint density at radius 2 is 1.95 bits per heavy atom. The van der Waals surface area contributed by atoms with E-state index in [0.717, 1.165) is 11.0 Å². The van der Waals surface area contributed by atoms with Crippen LogP contribution in [-0.2, 0) is 0 Å². The van der Waals surface area contributed by atoms with Crippen molar-refractivity contribution in [3.63, 3.8) is 0 Å². The molecule has 0 saturated carbocycles. The number of nitrogens with two attached hydrogens (primary N) is 1. The maximum absolute atomic E-state index is 8.88. The van der Waals surface area contributed by atoms with E-state index in [9.17, 15) is 0 Å². The van der Waals surface area contributed by atoms with Gasteiger partial charge < -0.3 is 5.73 Å². The summed E-state index contributed by atoms with van der Waals surface area (Å²) in [5, 5.41) is 9.89. The molecule has 0 aliphatic rings. The normalized spacial score (nSPS) is 10.7. The first kappa shape index (κ1) is 12.8. The quantitative estimate of drug-likeness (QED) is 0.743. The molecule has 6 heteroatoms. The van der Waals surface area contributed by atoms with Gasteiger partial charge in [0.05, 0.1) is 33.4 Å². The molecule has 2 aromatic carbocycles. The second-order valence-corrected chi connectivity index (χ2v) is 5.06. The van der Waals surface area contributed by atoms with Crippen molar-refractivity contribution in [2.45, 2.75) is 0 Å². The highest BCUT2D eigenvalue weighted by Gasteiger charge is 2.13. The van der Waals surface area contributed by atoms with Gasteiger partial charge in [0, 0.05) is 5.02 Å². The maximum atomic E-state index is 8.88. The lowest BCUT2D eigenvalue weighted by Gasteiger charge is -2.09. The Kier molecular flexibility index (Phi) is 3.01. The van der Waals surface area contributed by atoms with E-state index >= 15 is 0 Å². The van der Waals surface area contributed by atoms with Crippen LogP contribution < -0.4 is 5.73 Å². The fourth-order valence-corrected chi connectivity index (χ4v) is 2.51. The lowest BCUT2D eigenvalue weighted by molar-refractivity contribution is 1.11. The number of nitriles is 1. The van der Waals surface area contributed by atoms with Gasteiger partial charge in [0.2, 0.25) is 5.95 Å². The van der Waals surface area contributed by atoms with Crippen LogP contribution in [0.1, 0.15) is 5.56 Å². The average molecular weight is 303 g/mol. The van der Waals surface area contributed by atoms with E-state index in [-0.39, 0.29) is 0 Å². The summed E-state index contributed by atoms with van der Waals surface area (Å²) in [5.41, 5.74) is 8.60. The lowest BCUT2D eigenvalue weighted by Crippen LogP contribution is -2.01. The van der Waals surface area contributed by atoms with Crippen LogP contribution in [0, 0.1) is 11.3 Å². The molecule has 1 heterocycles. The van der Waals surface area contributed by atoms with Gasteiger partial charge in [0.25, 0.3) is 0 Å². The summed E-state index contributed by atoms with van der Waals surface area (Å²) in [4.78, 5) is 4.27. The van der Waals surface area contributed by atoms with E-state index in [4.69, 9.17) is 34.2 Å². The fourth-order valence-electron chi connectivity index (χ4n) is 2.08. The van der Waals surface area contributed by atoms with Gasteiger partial charge in [-0.25, -0.2) is 4.98 Å². The van der Waals surface area contributed by atoms with E-state index in [2.05, 4.69) is 4.98 Å². The van der Waals surface area contributed by atoms with Gasteiger partial charge in [-0.15, -0.1) is 0 Å². The topological polar surface area (TPSA) is 67.6 Å². The molecule has 0 aliphatic heterocycles. The smallest absolute Gasteiger partial charge is 0.205 e. The van der Waals surface area contributed by atoms with Crippen LogP contribution in [0.25, 0.3) is 16.7 Å². The summed E-state index contributed by atoms with van der Waals surface area (Å²) in [6, 6.07) is 12.4. The molecule has 0 amide bonds. The fraction of sp³-hybridized carbons (Fsp3) is 0. The lowest BCUT2D eigenvalue weighted by atomic mass is 10.2. The zero-order valence-electron chi connectivity index (χ0n) is 10.1. The van der Waals surface area contributed by atoms with Crippen LogP contribution in [0.3, 0.4) is 0 Å². The predicted molar refractivity (Wildman–Crippen MR) is 80.2 cm³/mol. The zero-order valence-corrected chi connectivity index (χ0v) is 11.7.